The predicted molar refractivity (Wildman–Crippen MR) is 291 cm³/mol. The summed E-state index contributed by atoms with van der Waals surface area (Å²) >= 11 is 2.05. The van der Waals surface area contributed by atoms with Crippen LogP contribution < -0.4 is 25.5 Å². The van der Waals surface area contributed by atoms with Gasteiger partial charge in [-0.15, -0.1) is 11.3 Å². The van der Waals surface area contributed by atoms with E-state index in [1.165, 1.54) is 117 Å². The maximum absolute atomic E-state index is 2.74. The molecule has 0 saturated heterocycles. The van der Waals surface area contributed by atoms with Crippen molar-refractivity contribution in [2.45, 2.75) is 156 Å². The highest BCUT2D eigenvalue weighted by Gasteiger charge is 2.48. The first kappa shape index (κ1) is 44.8. The lowest BCUT2D eigenvalue weighted by Gasteiger charge is -2.45. The molecule has 7 aromatic rings. The number of nitrogens with zero attached hydrogens (tertiary/aromatic N) is 2. The van der Waals surface area contributed by atoms with Crippen LogP contribution in [0, 0.1) is 0 Å². The molecule has 2 nitrogen and oxygen atoms in total. The van der Waals surface area contributed by atoms with Crippen molar-refractivity contribution in [3.8, 4) is 11.1 Å². The molecular weight excluding hydrogens is 816 g/mol. The number of rotatable bonds is 3. The number of hydrogen-bond donors (Lipinski definition) is 0. The Morgan fingerprint density at radius 3 is 1.58 bits per heavy atom. The largest absolute Gasteiger partial charge is 0.311 e. The van der Waals surface area contributed by atoms with Crippen LogP contribution >= 0.6 is 11.3 Å². The van der Waals surface area contributed by atoms with E-state index in [-0.39, 0.29) is 39.2 Å². The third kappa shape index (κ3) is 7.19. The van der Waals surface area contributed by atoms with Crippen molar-refractivity contribution in [3.05, 3.63) is 149 Å². The van der Waals surface area contributed by atoms with Gasteiger partial charge in [-0.3, -0.25) is 0 Å². The molecule has 0 radical (unpaired) electrons. The van der Waals surface area contributed by atoms with Crippen molar-refractivity contribution >= 4 is 78.0 Å². The molecule has 0 fully saturated rings. The van der Waals surface area contributed by atoms with Crippen molar-refractivity contribution in [2.24, 2.45) is 0 Å². The van der Waals surface area contributed by atoms with E-state index < -0.39 is 0 Å². The Kier molecular flexibility index (Phi) is 9.98. The molecular formula is C62H71BN2S. The molecule has 0 bridgehead atoms. The van der Waals surface area contributed by atoms with Gasteiger partial charge in [-0.1, -0.05) is 171 Å². The first-order valence-electron chi connectivity index (χ1n) is 24.6. The van der Waals surface area contributed by atoms with E-state index in [1.807, 2.05) is 11.3 Å². The monoisotopic (exact) mass is 887 g/mol. The summed E-state index contributed by atoms with van der Waals surface area (Å²) in [5, 5.41) is 1.38. The van der Waals surface area contributed by atoms with E-state index in [1.54, 1.807) is 0 Å². The normalized spacial score (nSPS) is 16.5. The zero-order valence-corrected chi connectivity index (χ0v) is 43.6. The van der Waals surface area contributed by atoms with Gasteiger partial charge in [0.2, 0.25) is 0 Å². The van der Waals surface area contributed by atoms with E-state index >= 15 is 0 Å². The topological polar surface area (TPSA) is 6.48 Å². The van der Waals surface area contributed by atoms with Crippen LogP contribution in [0.5, 0.6) is 0 Å². The smallest absolute Gasteiger partial charge is 0.264 e. The fourth-order valence-corrected chi connectivity index (χ4v) is 12.5. The maximum Gasteiger partial charge on any atom is 0.264 e. The van der Waals surface area contributed by atoms with Crippen molar-refractivity contribution in [2.75, 3.05) is 9.80 Å². The summed E-state index contributed by atoms with van der Waals surface area (Å²) in [6.07, 6.45) is 2.37. The Labute approximate surface area is 401 Å². The number of fused-ring (bicyclic) bond motifs is 7. The molecule has 2 aliphatic heterocycles. The Morgan fingerprint density at radius 1 is 0.485 bits per heavy atom. The van der Waals surface area contributed by atoms with Gasteiger partial charge in [0, 0.05) is 43.2 Å². The minimum absolute atomic E-state index is 0.0183. The van der Waals surface area contributed by atoms with E-state index in [9.17, 15) is 0 Å². The molecule has 0 spiro atoms. The van der Waals surface area contributed by atoms with Crippen LogP contribution in [0.25, 0.3) is 21.2 Å². The molecule has 0 amide bonds. The molecule has 10 rings (SSSR count). The Hall–Kier alpha value is -5.06. The van der Waals surface area contributed by atoms with Gasteiger partial charge in [0.25, 0.3) is 6.71 Å². The summed E-state index contributed by atoms with van der Waals surface area (Å²) in [4.78, 5) is 5.35. The van der Waals surface area contributed by atoms with Gasteiger partial charge in [0.1, 0.15) is 0 Å². The maximum atomic E-state index is 2.74. The molecule has 66 heavy (non-hydrogen) atoms. The van der Waals surface area contributed by atoms with Crippen molar-refractivity contribution in [1.29, 1.82) is 0 Å². The second-order valence-corrected chi connectivity index (χ2v) is 26.5. The number of thiophene rings is 1. The first-order valence-corrected chi connectivity index (χ1v) is 25.4. The number of hydrogen-bond acceptors (Lipinski definition) is 3. The van der Waals surface area contributed by atoms with E-state index in [2.05, 4.69) is 236 Å². The highest BCUT2D eigenvalue weighted by Crippen LogP contribution is 2.54. The van der Waals surface area contributed by atoms with Crippen LogP contribution in [0.1, 0.15) is 157 Å². The summed E-state index contributed by atoms with van der Waals surface area (Å²) in [7, 11) is 0. The third-order valence-electron chi connectivity index (χ3n) is 15.5. The fourth-order valence-electron chi connectivity index (χ4n) is 11.1. The molecule has 1 aliphatic carbocycles. The zero-order valence-electron chi connectivity index (χ0n) is 42.8. The van der Waals surface area contributed by atoms with Crippen LogP contribution in [0.4, 0.5) is 34.1 Å². The lowest BCUT2D eigenvalue weighted by Crippen LogP contribution is -2.60. The van der Waals surface area contributed by atoms with Crippen molar-refractivity contribution in [3.63, 3.8) is 0 Å². The quantitative estimate of drug-likeness (QED) is 0.163. The summed E-state index contributed by atoms with van der Waals surface area (Å²) in [5.41, 5.74) is 21.4. The summed E-state index contributed by atoms with van der Waals surface area (Å²) in [6, 6.07) is 45.8. The molecule has 338 valence electrons. The van der Waals surface area contributed by atoms with E-state index in [0.29, 0.717) is 0 Å². The van der Waals surface area contributed by atoms with Crippen LogP contribution in [0.3, 0.4) is 0 Å². The van der Waals surface area contributed by atoms with Crippen molar-refractivity contribution in [1.82, 2.24) is 0 Å². The second-order valence-electron chi connectivity index (χ2n) is 25.4. The van der Waals surface area contributed by atoms with E-state index in [0.717, 1.165) is 0 Å². The van der Waals surface area contributed by atoms with Crippen LogP contribution in [0.2, 0.25) is 0 Å². The molecule has 3 heterocycles. The lowest BCUT2D eigenvalue weighted by atomic mass is 9.36. The highest BCUT2D eigenvalue weighted by atomic mass is 32.1. The average molecular weight is 887 g/mol. The van der Waals surface area contributed by atoms with Crippen LogP contribution in [0.15, 0.2) is 115 Å². The molecule has 0 saturated carbocycles. The molecule has 6 aromatic carbocycles. The van der Waals surface area contributed by atoms with Gasteiger partial charge >= 0.3 is 0 Å². The van der Waals surface area contributed by atoms with Gasteiger partial charge in [-0.25, -0.2) is 0 Å². The lowest BCUT2D eigenvalue weighted by molar-refractivity contribution is 0.332. The Bertz CT molecular complexity index is 3060. The fraction of sp³-hybridized carbons (Fsp3) is 0.387. The standard InChI is InChI=1S/C62H71BN2S/c1-57(2,3)39-22-26-43(27-23-39)64-50-29-25-41(59(7,8)9)33-48(50)63-54-51(64)34-42(60(10,11)12)35-52(54)65(49-28-24-40(58(4,5)6)32-44(49)38-20-18-17-19-21-38)55-45-36-46-47(37-53(45)66-56(55)63)62(15,16)31-30-61(46,13)14/h17-29,32-37H,30-31H2,1-16H3. The summed E-state index contributed by atoms with van der Waals surface area (Å²) in [5.74, 6) is 0. The van der Waals surface area contributed by atoms with Gasteiger partial charge in [0.05, 0.1) is 11.4 Å². The second kappa shape index (κ2) is 14.7. The molecule has 0 atom stereocenters. The van der Waals surface area contributed by atoms with Crippen LogP contribution in [-0.4, -0.2) is 6.71 Å². The number of anilines is 6. The third-order valence-corrected chi connectivity index (χ3v) is 16.8. The SMILES string of the molecule is CC(C)(C)c1ccc(N2c3ccc(C(C)(C)C)cc3B3c4sc5cc6c(cc5c4N(c4ccc(C(C)(C)C)cc4-c4ccccc4)c4cc(C(C)(C)C)cc2c43)C(C)(C)CCC6(C)C)cc1. The number of benzene rings is 6. The van der Waals surface area contributed by atoms with Crippen molar-refractivity contribution < 1.29 is 0 Å². The average Bonchev–Trinajstić information content (AvgIpc) is 3.62. The summed E-state index contributed by atoms with van der Waals surface area (Å²) in [6.45, 7) is 38.2. The Morgan fingerprint density at radius 2 is 1.00 bits per heavy atom. The molecule has 0 unspecified atom stereocenters. The zero-order chi connectivity index (χ0) is 47.3. The first-order chi connectivity index (χ1) is 30.7. The van der Waals surface area contributed by atoms with E-state index in [4.69, 9.17) is 0 Å². The van der Waals surface area contributed by atoms with Gasteiger partial charge in [0.15, 0.2) is 0 Å². The van der Waals surface area contributed by atoms with Gasteiger partial charge < -0.3 is 9.80 Å². The summed E-state index contributed by atoms with van der Waals surface area (Å²) < 4.78 is 2.83. The van der Waals surface area contributed by atoms with Gasteiger partial charge in [-0.2, -0.15) is 0 Å². The minimum atomic E-state index is -0.116. The van der Waals surface area contributed by atoms with Gasteiger partial charge in [-0.05, 0) is 150 Å². The predicted octanol–water partition coefficient (Wildman–Crippen LogP) is 16.2. The molecule has 1 aromatic heterocycles. The molecule has 3 aliphatic rings. The highest BCUT2D eigenvalue weighted by molar-refractivity contribution is 7.33. The Balaban J connectivity index is 1.39. The molecule has 4 heteroatoms. The minimum Gasteiger partial charge on any atom is -0.311 e. The molecule has 0 N–H and O–H groups in total. The van der Waals surface area contributed by atoms with Crippen LogP contribution in [-0.2, 0) is 32.5 Å².